The maximum atomic E-state index is 13.2. The van der Waals surface area contributed by atoms with E-state index in [1.807, 2.05) is 49.4 Å². The molecule has 2 aromatic carbocycles. The first kappa shape index (κ1) is 18.2. The van der Waals surface area contributed by atoms with Crippen molar-refractivity contribution in [2.45, 2.75) is 13.5 Å². The molecule has 6 nitrogen and oxygen atoms in total. The molecule has 0 aliphatic carbocycles. The lowest BCUT2D eigenvalue weighted by atomic mass is 10.1. The van der Waals surface area contributed by atoms with E-state index in [1.54, 1.807) is 4.90 Å². The number of amides is 2. The second kappa shape index (κ2) is 6.89. The van der Waals surface area contributed by atoms with E-state index in [1.165, 1.54) is 16.7 Å². The molecular weight excluding hydrogens is 408 g/mol. The number of carbonyl (C=O) groups is 2. The highest BCUT2D eigenvalue weighted by atomic mass is 32.2. The summed E-state index contributed by atoms with van der Waals surface area (Å²) in [6.45, 7) is 2.96. The van der Waals surface area contributed by atoms with Crippen molar-refractivity contribution in [2.75, 3.05) is 18.2 Å². The molecule has 2 amide bonds. The average Bonchev–Trinajstić information content (AvgIpc) is 3.37. The number of thioether (sulfide) groups is 1. The Morgan fingerprint density at radius 1 is 1.03 bits per heavy atom. The van der Waals surface area contributed by atoms with E-state index >= 15 is 0 Å². The molecular formula is C21H16N2O4S2. The van der Waals surface area contributed by atoms with Crippen molar-refractivity contribution in [2.24, 2.45) is 0 Å². The van der Waals surface area contributed by atoms with Gasteiger partial charge in [-0.25, -0.2) is 0 Å². The molecule has 0 N–H and O–H groups in total. The van der Waals surface area contributed by atoms with E-state index in [0.29, 0.717) is 39.4 Å². The van der Waals surface area contributed by atoms with Gasteiger partial charge in [-0.05, 0) is 30.7 Å². The molecule has 1 fully saturated rings. The minimum Gasteiger partial charge on any atom is -0.454 e. The minimum absolute atomic E-state index is 0.155. The summed E-state index contributed by atoms with van der Waals surface area (Å²) in [6.07, 6.45) is 0. The van der Waals surface area contributed by atoms with Gasteiger partial charge in [0.25, 0.3) is 11.8 Å². The fourth-order valence-electron chi connectivity index (χ4n) is 3.72. The lowest BCUT2D eigenvalue weighted by Gasteiger charge is -2.15. The molecule has 8 heteroatoms. The lowest BCUT2D eigenvalue weighted by Crippen LogP contribution is -2.29. The van der Waals surface area contributed by atoms with Crippen LogP contribution in [0.25, 0.3) is 5.57 Å². The second-order valence-corrected chi connectivity index (χ2v) is 8.36. The topological polar surface area (TPSA) is 59.1 Å². The summed E-state index contributed by atoms with van der Waals surface area (Å²) in [5, 5.41) is 0. The van der Waals surface area contributed by atoms with Gasteiger partial charge in [-0.15, -0.1) is 0 Å². The quantitative estimate of drug-likeness (QED) is 0.555. The van der Waals surface area contributed by atoms with Crippen LogP contribution < -0.4 is 14.4 Å². The van der Waals surface area contributed by atoms with Crippen molar-refractivity contribution in [1.82, 2.24) is 4.90 Å². The molecule has 0 aromatic heterocycles. The predicted molar refractivity (Wildman–Crippen MR) is 115 cm³/mol. The Bertz CT molecular complexity index is 1110. The Hall–Kier alpha value is -2.84. The van der Waals surface area contributed by atoms with Gasteiger partial charge in [-0.1, -0.05) is 48.2 Å². The summed E-state index contributed by atoms with van der Waals surface area (Å²) < 4.78 is 11.2. The van der Waals surface area contributed by atoms with Crippen LogP contribution in [0.4, 0.5) is 5.69 Å². The van der Waals surface area contributed by atoms with E-state index in [2.05, 4.69) is 0 Å². The van der Waals surface area contributed by atoms with Crippen molar-refractivity contribution < 1.29 is 19.1 Å². The van der Waals surface area contributed by atoms with Gasteiger partial charge in [0.1, 0.15) is 4.32 Å². The summed E-state index contributed by atoms with van der Waals surface area (Å²) in [6, 6.07) is 13.1. The standard InChI is InChI=1S/C21H16N2O4S2/c1-2-22-14-6-4-3-5-13(14)17(19(22)24)18-20(25)23(21(28)29-18)10-12-7-8-15-16(9-12)27-11-26-15/h3-9H,2,10-11H2,1H3. The molecule has 0 atom stereocenters. The van der Waals surface area contributed by atoms with Gasteiger partial charge in [-0.3, -0.25) is 14.5 Å². The van der Waals surface area contributed by atoms with Crippen LogP contribution in [0.3, 0.4) is 0 Å². The predicted octanol–water partition coefficient (Wildman–Crippen LogP) is 3.55. The van der Waals surface area contributed by atoms with Crippen molar-refractivity contribution in [1.29, 1.82) is 0 Å². The summed E-state index contributed by atoms with van der Waals surface area (Å²) >= 11 is 6.66. The molecule has 5 rings (SSSR count). The molecule has 146 valence electrons. The fraction of sp³-hybridized carbons (Fsp3) is 0.190. The van der Waals surface area contributed by atoms with E-state index < -0.39 is 0 Å². The molecule has 0 unspecified atom stereocenters. The molecule has 0 bridgehead atoms. The number of hydrogen-bond acceptors (Lipinski definition) is 6. The Labute approximate surface area is 177 Å². The number of rotatable bonds is 3. The van der Waals surface area contributed by atoms with Crippen LogP contribution in [0.1, 0.15) is 18.1 Å². The van der Waals surface area contributed by atoms with Crippen LogP contribution in [0, 0.1) is 0 Å². The maximum Gasteiger partial charge on any atom is 0.267 e. The summed E-state index contributed by atoms with van der Waals surface area (Å²) in [5.74, 6) is 0.949. The lowest BCUT2D eigenvalue weighted by molar-refractivity contribution is -0.122. The van der Waals surface area contributed by atoms with Gasteiger partial charge < -0.3 is 14.4 Å². The van der Waals surface area contributed by atoms with Crippen LogP contribution in [0.5, 0.6) is 11.5 Å². The number of thiocarbonyl (C=S) groups is 1. The number of benzene rings is 2. The summed E-state index contributed by atoms with van der Waals surface area (Å²) in [7, 11) is 0. The van der Waals surface area contributed by atoms with Crippen molar-refractivity contribution >= 4 is 51.4 Å². The molecule has 0 saturated carbocycles. The van der Waals surface area contributed by atoms with Gasteiger partial charge in [-0.2, -0.15) is 0 Å². The number of hydrogen-bond donors (Lipinski definition) is 0. The van der Waals surface area contributed by atoms with Crippen LogP contribution in [0.2, 0.25) is 0 Å². The highest BCUT2D eigenvalue weighted by molar-refractivity contribution is 8.26. The van der Waals surface area contributed by atoms with Crippen LogP contribution >= 0.6 is 24.0 Å². The van der Waals surface area contributed by atoms with Crippen molar-refractivity contribution in [3.8, 4) is 11.5 Å². The summed E-state index contributed by atoms with van der Waals surface area (Å²) in [5.41, 5.74) is 2.93. The van der Waals surface area contributed by atoms with Gasteiger partial charge in [0.2, 0.25) is 6.79 Å². The first-order valence-electron chi connectivity index (χ1n) is 9.16. The number of carbonyl (C=O) groups excluding carboxylic acids is 2. The smallest absolute Gasteiger partial charge is 0.267 e. The average molecular weight is 425 g/mol. The molecule has 29 heavy (non-hydrogen) atoms. The number of likely N-dealkylation sites (N-methyl/N-ethyl adjacent to an activating group) is 1. The number of anilines is 1. The van der Waals surface area contributed by atoms with Crippen LogP contribution in [-0.4, -0.2) is 34.4 Å². The SMILES string of the molecule is CCN1C(=O)C(=C2SC(=S)N(Cc3ccc4c(c3)OCO4)C2=O)c2ccccc21. The maximum absolute atomic E-state index is 13.2. The van der Waals surface area contributed by atoms with Crippen molar-refractivity contribution in [3.63, 3.8) is 0 Å². The number of nitrogens with zero attached hydrogens (tertiary/aromatic N) is 2. The van der Waals surface area contributed by atoms with Gasteiger partial charge in [0.05, 0.1) is 22.7 Å². The first-order valence-corrected chi connectivity index (χ1v) is 10.4. The van der Waals surface area contributed by atoms with E-state index in [9.17, 15) is 9.59 Å². The first-order chi connectivity index (χ1) is 14.1. The zero-order valence-electron chi connectivity index (χ0n) is 15.5. The van der Waals surface area contributed by atoms with Gasteiger partial charge in [0.15, 0.2) is 11.5 Å². The highest BCUT2D eigenvalue weighted by Gasteiger charge is 2.41. The molecule has 2 aromatic rings. The minimum atomic E-state index is -0.242. The molecule has 3 aliphatic heterocycles. The third kappa shape index (κ3) is 2.82. The zero-order chi connectivity index (χ0) is 20.1. The number of para-hydroxylation sites is 1. The summed E-state index contributed by atoms with van der Waals surface area (Å²) in [4.78, 5) is 29.9. The molecule has 0 radical (unpaired) electrons. The van der Waals surface area contributed by atoms with Gasteiger partial charge in [0, 0.05) is 12.1 Å². The third-order valence-electron chi connectivity index (χ3n) is 5.09. The number of ether oxygens (including phenoxy) is 2. The monoisotopic (exact) mass is 424 g/mol. The molecule has 1 saturated heterocycles. The Morgan fingerprint density at radius 3 is 2.66 bits per heavy atom. The molecule has 0 spiro atoms. The van der Waals surface area contributed by atoms with E-state index in [0.717, 1.165) is 16.8 Å². The fourth-order valence-corrected chi connectivity index (χ4v) is 5.05. The van der Waals surface area contributed by atoms with E-state index in [4.69, 9.17) is 21.7 Å². The van der Waals surface area contributed by atoms with Crippen LogP contribution in [0.15, 0.2) is 47.4 Å². The Kier molecular flexibility index (Phi) is 4.33. The van der Waals surface area contributed by atoms with E-state index in [-0.39, 0.29) is 18.6 Å². The largest absolute Gasteiger partial charge is 0.454 e. The van der Waals surface area contributed by atoms with Crippen molar-refractivity contribution in [3.05, 3.63) is 58.5 Å². The Balaban J connectivity index is 1.50. The normalized spacial score (nSPS) is 20.1. The Morgan fingerprint density at radius 2 is 1.83 bits per heavy atom. The van der Waals surface area contributed by atoms with Gasteiger partial charge >= 0.3 is 0 Å². The third-order valence-corrected chi connectivity index (χ3v) is 6.54. The zero-order valence-corrected chi connectivity index (χ0v) is 17.1. The highest BCUT2D eigenvalue weighted by Crippen LogP contribution is 2.45. The van der Waals surface area contributed by atoms with Crippen LogP contribution in [-0.2, 0) is 16.1 Å². The molecule has 3 heterocycles. The second-order valence-electron chi connectivity index (χ2n) is 6.72. The molecule has 3 aliphatic rings. The number of fused-ring (bicyclic) bond motifs is 2.